The van der Waals surface area contributed by atoms with Crippen LogP contribution in [0, 0.1) is 5.41 Å². The number of fused-ring (bicyclic) bond motifs is 1. The first-order chi connectivity index (χ1) is 7.91. The van der Waals surface area contributed by atoms with E-state index in [1.54, 1.807) is 6.07 Å². The van der Waals surface area contributed by atoms with Crippen LogP contribution in [0.1, 0.15) is 31.1 Å². The zero-order chi connectivity index (χ0) is 12.6. The van der Waals surface area contributed by atoms with Gasteiger partial charge in [0, 0.05) is 6.20 Å². The quantitative estimate of drug-likeness (QED) is 0.538. The fourth-order valence-corrected chi connectivity index (χ4v) is 1.58. The molecular formula is C12H14BN2O2. The van der Waals surface area contributed by atoms with Crippen LogP contribution in [0.5, 0.6) is 0 Å². The van der Waals surface area contributed by atoms with Crippen molar-refractivity contribution in [2.45, 2.75) is 20.8 Å². The van der Waals surface area contributed by atoms with Crippen molar-refractivity contribution in [1.29, 1.82) is 0 Å². The Morgan fingerprint density at radius 2 is 2.12 bits per heavy atom. The summed E-state index contributed by atoms with van der Waals surface area (Å²) in [6.07, 6.45) is 1.49. The van der Waals surface area contributed by atoms with Crippen molar-refractivity contribution in [3.05, 3.63) is 17.8 Å². The molecule has 0 unspecified atom stereocenters. The normalized spacial score (nSPS) is 13.8. The Labute approximate surface area is 101 Å². The third-order valence-corrected chi connectivity index (χ3v) is 2.60. The maximum atomic E-state index is 11.4. The van der Waals surface area contributed by atoms with E-state index in [0.717, 1.165) is 11.1 Å². The topological polar surface area (TPSA) is 51.5 Å². The summed E-state index contributed by atoms with van der Waals surface area (Å²) in [7, 11) is 3.32. The Kier molecular flexibility index (Phi) is 2.77. The number of carbonyl (C=O) groups is 1. The number of carbonyl (C=O) groups excluding carboxylic acids is 1. The van der Waals surface area contributed by atoms with Crippen molar-refractivity contribution in [3.63, 3.8) is 0 Å². The Balaban J connectivity index is 2.31. The SMILES string of the molecule is COC(=O)c1cnc2c(c1)[B]C(C(C)(C)C)=N2. The molecule has 0 amide bonds. The van der Waals surface area contributed by atoms with E-state index in [1.165, 1.54) is 13.3 Å². The van der Waals surface area contributed by atoms with Gasteiger partial charge in [0.25, 0.3) is 0 Å². The fourth-order valence-electron chi connectivity index (χ4n) is 1.58. The first kappa shape index (κ1) is 11.8. The summed E-state index contributed by atoms with van der Waals surface area (Å²) in [5.41, 5.74) is 2.28. The maximum Gasteiger partial charge on any atom is 0.339 e. The molecule has 0 aliphatic carbocycles. The van der Waals surface area contributed by atoms with Gasteiger partial charge in [0.2, 0.25) is 7.28 Å². The second kappa shape index (κ2) is 3.98. The molecule has 0 spiro atoms. The van der Waals surface area contributed by atoms with Crippen LogP contribution in [-0.4, -0.2) is 31.0 Å². The molecule has 1 aliphatic heterocycles. The first-order valence-corrected chi connectivity index (χ1v) is 5.44. The molecule has 1 aliphatic rings. The van der Waals surface area contributed by atoms with E-state index >= 15 is 0 Å². The average Bonchev–Trinajstić information content (AvgIpc) is 2.70. The minimum Gasteiger partial charge on any atom is -0.465 e. The van der Waals surface area contributed by atoms with Crippen molar-refractivity contribution < 1.29 is 9.53 Å². The largest absolute Gasteiger partial charge is 0.465 e. The summed E-state index contributed by atoms with van der Waals surface area (Å²) in [4.78, 5) is 20.0. The van der Waals surface area contributed by atoms with E-state index in [2.05, 4.69) is 35.5 Å². The summed E-state index contributed by atoms with van der Waals surface area (Å²) in [5, 5.41) is 0. The number of rotatable bonds is 1. The second-order valence-corrected chi connectivity index (χ2v) is 5.02. The number of aliphatic imine (C=N–C) groups is 1. The Hall–Kier alpha value is -1.65. The third kappa shape index (κ3) is 2.23. The molecule has 2 rings (SSSR count). The van der Waals surface area contributed by atoms with E-state index in [-0.39, 0.29) is 11.4 Å². The van der Waals surface area contributed by atoms with Crippen LogP contribution in [0.3, 0.4) is 0 Å². The van der Waals surface area contributed by atoms with Crippen LogP contribution < -0.4 is 5.46 Å². The van der Waals surface area contributed by atoms with Gasteiger partial charge in [0.05, 0.1) is 12.7 Å². The van der Waals surface area contributed by atoms with Crippen molar-refractivity contribution in [3.8, 4) is 0 Å². The number of ether oxygens (including phenoxy) is 1. The monoisotopic (exact) mass is 229 g/mol. The van der Waals surface area contributed by atoms with Crippen molar-refractivity contribution in [2.75, 3.05) is 7.11 Å². The first-order valence-electron chi connectivity index (χ1n) is 5.44. The Morgan fingerprint density at radius 1 is 1.41 bits per heavy atom. The lowest BCUT2D eigenvalue weighted by molar-refractivity contribution is 0.0600. The van der Waals surface area contributed by atoms with Gasteiger partial charge in [-0.1, -0.05) is 20.8 Å². The van der Waals surface area contributed by atoms with E-state index in [0.29, 0.717) is 11.4 Å². The highest BCUT2D eigenvalue weighted by Crippen LogP contribution is 2.23. The lowest BCUT2D eigenvalue weighted by Crippen LogP contribution is -2.29. The number of pyridine rings is 1. The smallest absolute Gasteiger partial charge is 0.339 e. The van der Waals surface area contributed by atoms with Crippen molar-refractivity contribution in [2.24, 2.45) is 10.4 Å². The molecule has 1 aromatic heterocycles. The molecule has 4 nitrogen and oxygen atoms in total. The molecule has 0 aromatic carbocycles. The van der Waals surface area contributed by atoms with E-state index in [9.17, 15) is 4.79 Å². The highest BCUT2D eigenvalue weighted by molar-refractivity contribution is 6.88. The lowest BCUT2D eigenvalue weighted by Gasteiger charge is -2.17. The lowest BCUT2D eigenvalue weighted by atomic mass is 9.60. The standard InChI is InChI=1S/C12H14BN2O2/c1-12(2,3)11-13-8-5-7(10(16)17-4)6-14-9(8)15-11/h5-6H,1-4H3. The summed E-state index contributed by atoms with van der Waals surface area (Å²) in [6, 6.07) is 1.76. The van der Waals surface area contributed by atoms with Gasteiger partial charge in [-0.3, -0.25) is 0 Å². The number of nitrogens with zero attached hydrogens (tertiary/aromatic N) is 2. The van der Waals surface area contributed by atoms with Gasteiger partial charge < -0.3 is 4.74 Å². The molecule has 0 saturated heterocycles. The number of hydrogen-bond donors (Lipinski definition) is 0. The van der Waals surface area contributed by atoms with Crippen LogP contribution in [0.25, 0.3) is 0 Å². The Morgan fingerprint density at radius 3 is 2.71 bits per heavy atom. The van der Waals surface area contributed by atoms with Gasteiger partial charge in [-0.15, -0.1) is 0 Å². The van der Waals surface area contributed by atoms with Crippen molar-refractivity contribution in [1.82, 2.24) is 4.98 Å². The van der Waals surface area contributed by atoms with Gasteiger partial charge in [0.15, 0.2) is 0 Å². The molecule has 2 heterocycles. The molecule has 0 fully saturated rings. The minimum absolute atomic E-state index is 0.0217. The van der Waals surface area contributed by atoms with Crippen LogP contribution in [0.4, 0.5) is 5.82 Å². The predicted molar refractivity (Wildman–Crippen MR) is 67.5 cm³/mol. The average molecular weight is 229 g/mol. The third-order valence-electron chi connectivity index (χ3n) is 2.60. The highest BCUT2D eigenvalue weighted by atomic mass is 16.5. The fraction of sp³-hybridized carbons (Fsp3) is 0.417. The molecule has 0 N–H and O–H groups in total. The van der Waals surface area contributed by atoms with Crippen LogP contribution >= 0.6 is 0 Å². The minimum atomic E-state index is -0.377. The maximum absolute atomic E-state index is 11.4. The van der Waals surface area contributed by atoms with E-state index < -0.39 is 0 Å². The van der Waals surface area contributed by atoms with Crippen LogP contribution in [-0.2, 0) is 4.74 Å². The summed E-state index contributed by atoms with van der Waals surface area (Å²) >= 11 is 0. The van der Waals surface area contributed by atoms with Gasteiger partial charge in [-0.2, -0.15) is 0 Å². The van der Waals surface area contributed by atoms with E-state index in [4.69, 9.17) is 0 Å². The van der Waals surface area contributed by atoms with Gasteiger partial charge in [-0.25, -0.2) is 14.8 Å². The molecule has 17 heavy (non-hydrogen) atoms. The van der Waals surface area contributed by atoms with Crippen LogP contribution in [0.2, 0.25) is 0 Å². The zero-order valence-electron chi connectivity index (χ0n) is 10.4. The van der Waals surface area contributed by atoms with Crippen molar-refractivity contribution >= 4 is 30.1 Å². The summed E-state index contributed by atoms with van der Waals surface area (Å²) in [5.74, 6) is 0.292. The number of aromatic nitrogens is 1. The molecule has 0 saturated carbocycles. The molecule has 1 aromatic rings. The predicted octanol–water partition coefficient (Wildman–Crippen LogP) is 1.29. The van der Waals surface area contributed by atoms with Crippen LogP contribution in [0.15, 0.2) is 17.3 Å². The number of methoxy groups -OCH3 is 1. The molecule has 87 valence electrons. The summed E-state index contributed by atoms with van der Waals surface area (Å²) < 4.78 is 4.66. The molecule has 0 bridgehead atoms. The molecular weight excluding hydrogens is 215 g/mol. The number of hydrogen-bond acceptors (Lipinski definition) is 4. The molecule has 1 radical (unpaired) electrons. The number of esters is 1. The molecule has 5 heteroatoms. The highest BCUT2D eigenvalue weighted by Gasteiger charge is 2.27. The van der Waals surface area contributed by atoms with Gasteiger partial charge in [-0.05, 0) is 22.6 Å². The van der Waals surface area contributed by atoms with E-state index in [1.807, 2.05) is 7.28 Å². The second-order valence-electron chi connectivity index (χ2n) is 5.02. The summed E-state index contributed by atoms with van der Waals surface area (Å²) in [6.45, 7) is 6.28. The van der Waals surface area contributed by atoms with Gasteiger partial charge in [0.1, 0.15) is 5.82 Å². The van der Waals surface area contributed by atoms with Gasteiger partial charge >= 0.3 is 5.97 Å². The Bertz CT molecular complexity index is 504. The zero-order valence-corrected chi connectivity index (χ0v) is 10.4. The molecule has 0 atom stereocenters.